The molecule has 8 heteroatoms. The van der Waals surface area contributed by atoms with Crippen LogP contribution in [-0.4, -0.2) is 60.6 Å². The molecule has 0 saturated carbocycles. The van der Waals surface area contributed by atoms with E-state index in [2.05, 4.69) is 36.2 Å². The maximum Gasteiger partial charge on any atom is 0.227 e. The number of hydrogen-bond acceptors (Lipinski definition) is 4. The fraction of sp³-hybridized carbons (Fsp3) is 0.524. The Balaban J connectivity index is 1.43. The number of thioether (sulfide) groups is 1. The number of rotatable bonds is 3. The summed E-state index contributed by atoms with van der Waals surface area (Å²) in [7, 11) is 4.61. The zero-order valence-corrected chi connectivity index (χ0v) is 18.7. The number of hydrogen-bond donors (Lipinski definition) is 3. The number of nitrogens with zero attached hydrogens (tertiary/aromatic N) is 3. The van der Waals surface area contributed by atoms with Crippen LogP contribution < -0.4 is 15.1 Å². The van der Waals surface area contributed by atoms with Gasteiger partial charge in [-0.05, 0) is 17.7 Å². The minimum absolute atomic E-state index is 0.0671. The van der Waals surface area contributed by atoms with Gasteiger partial charge < -0.3 is 15.1 Å². The summed E-state index contributed by atoms with van der Waals surface area (Å²) in [6.45, 7) is 4.67. The van der Waals surface area contributed by atoms with Gasteiger partial charge in [0, 0.05) is 35.6 Å². The van der Waals surface area contributed by atoms with Gasteiger partial charge >= 0.3 is 0 Å². The van der Waals surface area contributed by atoms with Crippen molar-refractivity contribution in [1.82, 2.24) is 14.8 Å². The van der Waals surface area contributed by atoms with E-state index in [9.17, 15) is 0 Å². The standard InChI is InChI=1S/C21H27ClN6S/c1-26-11-8-21(9-12-26)17-13-27(2)10-7-18(17)28-19(24-21)23-20(25-28)29-14-15-3-5-16(22)6-4-15/h3-6H,7-14H2,1-2H3,(H,23,24,25)/p+2. The van der Waals surface area contributed by atoms with Crippen molar-refractivity contribution in [3.63, 3.8) is 0 Å². The topological polar surface area (TPSA) is 51.6 Å². The van der Waals surface area contributed by atoms with E-state index in [1.165, 1.54) is 37.2 Å². The van der Waals surface area contributed by atoms with E-state index in [1.54, 1.807) is 27.1 Å². The molecule has 0 amide bonds. The van der Waals surface area contributed by atoms with Crippen molar-refractivity contribution < 1.29 is 9.80 Å². The van der Waals surface area contributed by atoms with Crippen LogP contribution in [0.2, 0.25) is 5.02 Å². The smallest absolute Gasteiger partial charge is 0.227 e. The first-order valence-electron chi connectivity index (χ1n) is 10.5. The van der Waals surface area contributed by atoms with Crippen LogP contribution in [0.3, 0.4) is 0 Å². The van der Waals surface area contributed by atoms with Crippen LogP contribution >= 0.6 is 23.4 Å². The summed E-state index contributed by atoms with van der Waals surface area (Å²) in [6.07, 6.45) is 3.42. The van der Waals surface area contributed by atoms with Crippen LogP contribution in [0.15, 0.2) is 35.0 Å². The molecule has 1 aromatic heterocycles. The van der Waals surface area contributed by atoms with Gasteiger partial charge in [-0.3, -0.25) is 0 Å². The Bertz CT molecular complexity index is 929. The van der Waals surface area contributed by atoms with E-state index in [0.717, 1.165) is 41.4 Å². The van der Waals surface area contributed by atoms with E-state index in [4.69, 9.17) is 21.7 Å². The van der Waals surface area contributed by atoms with Crippen LogP contribution in [0, 0.1) is 0 Å². The van der Waals surface area contributed by atoms with Gasteiger partial charge in [-0.2, -0.15) is 4.98 Å². The summed E-state index contributed by atoms with van der Waals surface area (Å²) < 4.78 is 2.10. The van der Waals surface area contributed by atoms with Crippen molar-refractivity contribution >= 4 is 35.0 Å². The number of likely N-dealkylation sites (tertiary alicyclic amines) is 1. The molecule has 4 heterocycles. The van der Waals surface area contributed by atoms with Gasteiger partial charge in [0.2, 0.25) is 11.1 Å². The first-order valence-corrected chi connectivity index (χ1v) is 11.9. The molecule has 3 aliphatic rings. The zero-order valence-electron chi connectivity index (χ0n) is 17.1. The molecule has 1 atom stereocenters. The van der Waals surface area contributed by atoms with Gasteiger partial charge in [-0.15, -0.1) is 5.10 Å². The van der Waals surface area contributed by atoms with Gasteiger partial charge in [0.05, 0.1) is 45.0 Å². The third kappa shape index (κ3) is 3.69. The highest BCUT2D eigenvalue weighted by atomic mass is 35.5. The minimum atomic E-state index is 0.0671. The van der Waals surface area contributed by atoms with E-state index in [1.807, 2.05) is 12.1 Å². The Morgan fingerprint density at radius 3 is 2.66 bits per heavy atom. The molecule has 0 radical (unpaired) electrons. The molecule has 6 nitrogen and oxygen atoms in total. The van der Waals surface area contributed by atoms with Crippen molar-refractivity contribution in [1.29, 1.82) is 0 Å². The van der Waals surface area contributed by atoms with Crippen LogP contribution in [0.5, 0.6) is 0 Å². The number of quaternary nitrogens is 2. The van der Waals surface area contributed by atoms with Crippen molar-refractivity contribution in [3.8, 4) is 0 Å². The molecular formula is C21H29ClN6S+2. The first-order chi connectivity index (χ1) is 14.0. The molecule has 1 fully saturated rings. The van der Waals surface area contributed by atoms with Crippen molar-refractivity contribution in [2.75, 3.05) is 45.6 Å². The molecule has 5 rings (SSSR count). The molecule has 3 aliphatic heterocycles. The Morgan fingerprint density at radius 2 is 1.90 bits per heavy atom. The van der Waals surface area contributed by atoms with Crippen LogP contribution in [0.25, 0.3) is 5.70 Å². The summed E-state index contributed by atoms with van der Waals surface area (Å²) in [4.78, 5) is 8.11. The van der Waals surface area contributed by atoms with Crippen molar-refractivity contribution in [3.05, 3.63) is 40.4 Å². The number of aromatic nitrogens is 3. The molecule has 29 heavy (non-hydrogen) atoms. The molecule has 154 valence electrons. The Kier molecular flexibility index (Phi) is 5.10. The predicted molar refractivity (Wildman–Crippen MR) is 118 cm³/mol. The summed E-state index contributed by atoms with van der Waals surface area (Å²) in [5, 5.41) is 10.4. The number of likely N-dealkylation sites (N-methyl/N-ethyl adjacent to an activating group) is 1. The number of halogens is 1. The molecule has 2 aromatic rings. The van der Waals surface area contributed by atoms with E-state index < -0.39 is 0 Å². The van der Waals surface area contributed by atoms with E-state index in [0.29, 0.717) is 0 Å². The van der Waals surface area contributed by atoms with E-state index in [-0.39, 0.29) is 5.54 Å². The highest BCUT2D eigenvalue weighted by Gasteiger charge is 2.47. The highest BCUT2D eigenvalue weighted by Crippen LogP contribution is 2.40. The minimum Gasteiger partial charge on any atom is -0.344 e. The third-order valence-corrected chi connectivity index (χ3v) is 7.79. The second-order valence-corrected chi connectivity index (χ2v) is 10.1. The average Bonchev–Trinajstić information content (AvgIpc) is 3.12. The lowest BCUT2D eigenvalue weighted by Crippen LogP contribution is -3.12. The van der Waals surface area contributed by atoms with E-state index >= 15 is 0 Å². The molecule has 1 aromatic carbocycles. The normalized spacial score (nSPS) is 28.8. The molecule has 1 spiro atoms. The summed E-state index contributed by atoms with van der Waals surface area (Å²) in [6, 6.07) is 8.02. The molecule has 0 bridgehead atoms. The summed E-state index contributed by atoms with van der Waals surface area (Å²) in [5.41, 5.74) is 4.27. The molecular weight excluding hydrogens is 404 g/mol. The average molecular weight is 433 g/mol. The molecule has 1 unspecified atom stereocenters. The van der Waals surface area contributed by atoms with Gasteiger partial charge in [0.15, 0.2) is 0 Å². The maximum absolute atomic E-state index is 6.00. The highest BCUT2D eigenvalue weighted by molar-refractivity contribution is 7.98. The fourth-order valence-corrected chi connectivity index (χ4v) is 5.73. The lowest BCUT2D eigenvalue weighted by Gasteiger charge is -2.46. The number of benzene rings is 1. The first kappa shape index (κ1) is 19.4. The predicted octanol–water partition coefficient (Wildman–Crippen LogP) is 0.826. The van der Waals surface area contributed by atoms with Crippen LogP contribution in [0.4, 0.5) is 5.95 Å². The third-order valence-electron chi connectivity index (χ3n) is 6.63. The van der Waals surface area contributed by atoms with Crippen molar-refractivity contribution in [2.24, 2.45) is 0 Å². The number of piperidine rings is 1. The lowest BCUT2D eigenvalue weighted by atomic mass is 9.77. The number of fused-ring (bicyclic) bond motifs is 3. The maximum atomic E-state index is 6.00. The fourth-order valence-electron chi connectivity index (χ4n) is 4.83. The second-order valence-electron chi connectivity index (χ2n) is 8.77. The lowest BCUT2D eigenvalue weighted by molar-refractivity contribution is -0.887. The summed E-state index contributed by atoms with van der Waals surface area (Å²) >= 11 is 7.69. The quantitative estimate of drug-likeness (QED) is 0.629. The summed E-state index contributed by atoms with van der Waals surface area (Å²) in [5.74, 6) is 1.78. The zero-order chi connectivity index (χ0) is 20.0. The Hall–Kier alpha value is -1.54. The molecule has 3 N–H and O–H groups in total. The Morgan fingerprint density at radius 1 is 1.14 bits per heavy atom. The van der Waals surface area contributed by atoms with Gasteiger partial charge in [0.1, 0.15) is 6.54 Å². The molecule has 0 aliphatic carbocycles. The SMILES string of the molecule is C[NH+]1CCC2(CC1)Nc1nc(SCc3ccc(Cl)cc3)nn1C1=C2C[NH+](C)CC1. The Labute approximate surface area is 181 Å². The largest absolute Gasteiger partial charge is 0.344 e. The second kappa shape index (κ2) is 7.61. The number of nitrogens with one attached hydrogen (secondary N) is 3. The van der Waals surface area contributed by atoms with Crippen LogP contribution in [-0.2, 0) is 5.75 Å². The van der Waals surface area contributed by atoms with Gasteiger partial charge in [-0.25, -0.2) is 4.68 Å². The monoisotopic (exact) mass is 432 g/mol. The molecule has 1 saturated heterocycles. The van der Waals surface area contributed by atoms with Crippen molar-refractivity contribution in [2.45, 2.75) is 35.7 Å². The van der Waals surface area contributed by atoms with Gasteiger partial charge in [-0.1, -0.05) is 35.5 Å². The number of anilines is 1. The van der Waals surface area contributed by atoms with Gasteiger partial charge in [0.25, 0.3) is 0 Å². The van der Waals surface area contributed by atoms with Crippen LogP contribution in [0.1, 0.15) is 24.8 Å².